The maximum atomic E-state index is 12.8. The van der Waals surface area contributed by atoms with Crippen LogP contribution in [-0.2, 0) is 23.9 Å². The van der Waals surface area contributed by atoms with Gasteiger partial charge in [-0.15, -0.1) is 0 Å². The van der Waals surface area contributed by atoms with E-state index >= 15 is 0 Å². The predicted octanol–water partition coefficient (Wildman–Crippen LogP) is 3.54. The second kappa shape index (κ2) is 12.2. The summed E-state index contributed by atoms with van der Waals surface area (Å²) < 4.78 is 22.8. The molecule has 0 aliphatic rings. The maximum absolute atomic E-state index is 12.8. The molecule has 0 atom stereocenters. The minimum absolute atomic E-state index is 0.166. The topological polar surface area (TPSA) is 111 Å². The summed E-state index contributed by atoms with van der Waals surface area (Å²) in [5.41, 5.74) is 1.05. The normalized spacial score (nSPS) is 10.4. The number of nitrogens with one attached hydrogen (secondary N) is 2. The van der Waals surface area contributed by atoms with Gasteiger partial charge in [-0.25, -0.2) is 9.18 Å². The lowest BCUT2D eigenvalue weighted by Gasteiger charge is -2.09. The van der Waals surface area contributed by atoms with E-state index in [1.54, 1.807) is 18.2 Å². The predicted molar refractivity (Wildman–Crippen MR) is 115 cm³/mol. The number of halogens is 1. The van der Waals surface area contributed by atoms with Gasteiger partial charge in [-0.05, 0) is 48.4 Å². The number of carbonyl (C=O) groups excluding carboxylic acids is 4. The first-order valence-electron chi connectivity index (χ1n) is 10.0. The first kappa shape index (κ1) is 24.5. The molecule has 0 aliphatic heterocycles. The van der Waals surface area contributed by atoms with E-state index in [0.717, 1.165) is 0 Å². The molecule has 0 aliphatic carbocycles. The number of ether oxygens (including phenoxy) is 2. The van der Waals surface area contributed by atoms with Crippen LogP contribution in [0.25, 0.3) is 0 Å². The van der Waals surface area contributed by atoms with E-state index in [9.17, 15) is 23.6 Å². The van der Waals surface area contributed by atoms with Crippen LogP contribution >= 0.6 is 0 Å². The van der Waals surface area contributed by atoms with Gasteiger partial charge in [0.05, 0.1) is 18.6 Å². The minimum atomic E-state index is -0.722. The van der Waals surface area contributed by atoms with Crippen molar-refractivity contribution in [3.8, 4) is 0 Å². The van der Waals surface area contributed by atoms with Crippen LogP contribution in [0.4, 0.5) is 15.8 Å². The molecule has 0 bridgehead atoms. The SMILES string of the molecule is CC(C)COC(=O)c1cccc(NC(=O)CCC(=O)OCC(=O)Nc2ccc(F)cc2)c1. The Labute approximate surface area is 185 Å². The molecular formula is C23H25FN2O6. The van der Waals surface area contributed by atoms with Gasteiger partial charge in [0.25, 0.3) is 5.91 Å². The van der Waals surface area contributed by atoms with Crippen LogP contribution in [0.15, 0.2) is 48.5 Å². The number of hydrogen-bond acceptors (Lipinski definition) is 6. The van der Waals surface area contributed by atoms with E-state index in [1.807, 2.05) is 13.8 Å². The molecule has 0 radical (unpaired) electrons. The van der Waals surface area contributed by atoms with Crippen molar-refractivity contribution in [2.24, 2.45) is 5.92 Å². The third kappa shape index (κ3) is 8.95. The summed E-state index contributed by atoms with van der Waals surface area (Å²) in [6.45, 7) is 3.61. The Morgan fingerprint density at radius 1 is 0.875 bits per heavy atom. The lowest BCUT2D eigenvalue weighted by molar-refractivity contribution is -0.147. The van der Waals surface area contributed by atoms with E-state index in [-0.39, 0.29) is 18.8 Å². The van der Waals surface area contributed by atoms with Crippen molar-refractivity contribution in [2.45, 2.75) is 26.7 Å². The molecule has 2 amide bonds. The highest BCUT2D eigenvalue weighted by Gasteiger charge is 2.13. The minimum Gasteiger partial charge on any atom is -0.462 e. The monoisotopic (exact) mass is 444 g/mol. The Bertz CT molecular complexity index is 959. The highest BCUT2D eigenvalue weighted by molar-refractivity contribution is 5.96. The molecule has 0 saturated heterocycles. The summed E-state index contributed by atoms with van der Waals surface area (Å²) in [5.74, 6) is -2.49. The molecule has 9 heteroatoms. The highest BCUT2D eigenvalue weighted by atomic mass is 19.1. The fourth-order valence-electron chi connectivity index (χ4n) is 2.44. The molecule has 2 aromatic carbocycles. The van der Waals surface area contributed by atoms with Crippen LogP contribution in [0.2, 0.25) is 0 Å². The zero-order valence-corrected chi connectivity index (χ0v) is 17.9. The Morgan fingerprint density at radius 3 is 2.25 bits per heavy atom. The van der Waals surface area contributed by atoms with E-state index in [0.29, 0.717) is 23.5 Å². The van der Waals surface area contributed by atoms with E-state index in [4.69, 9.17) is 9.47 Å². The van der Waals surface area contributed by atoms with Gasteiger partial charge in [0.1, 0.15) is 5.82 Å². The molecule has 2 N–H and O–H groups in total. The van der Waals surface area contributed by atoms with Crippen LogP contribution in [0.3, 0.4) is 0 Å². The summed E-state index contributed by atoms with van der Waals surface area (Å²) in [6.07, 6.45) is -0.397. The van der Waals surface area contributed by atoms with E-state index in [1.165, 1.54) is 30.3 Å². The Balaban J connectivity index is 1.72. The Hall–Kier alpha value is -3.75. The molecule has 0 unspecified atom stereocenters. The smallest absolute Gasteiger partial charge is 0.338 e. The molecule has 0 saturated carbocycles. The molecule has 2 aromatic rings. The van der Waals surface area contributed by atoms with Gasteiger partial charge in [0.2, 0.25) is 5.91 Å². The van der Waals surface area contributed by atoms with Crippen LogP contribution < -0.4 is 10.6 Å². The number of amides is 2. The Kier molecular flexibility index (Phi) is 9.34. The number of rotatable bonds is 10. The third-order valence-corrected chi connectivity index (χ3v) is 3.98. The largest absolute Gasteiger partial charge is 0.462 e. The average molecular weight is 444 g/mol. The molecule has 32 heavy (non-hydrogen) atoms. The standard InChI is InChI=1S/C23H25FN2O6/c1-15(2)13-32-23(30)16-4-3-5-19(12-16)26-20(27)10-11-22(29)31-14-21(28)25-18-8-6-17(24)7-9-18/h3-9,12,15H,10-11,13-14H2,1-2H3,(H,25,28)(H,26,27). The molecule has 0 fully saturated rings. The van der Waals surface area contributed by atoms with Gasteiger partial charge in [-0.3, -0.25) is 14.4 Å². The fraction of sp³-hybridized carbons (Fsp3) is 0.304. The zero-order chi connectivity index (χ0) is 23.5. The molecular weight excluding hydrogens is 419 g/mol. The van der Waals surface area contributed by atoms with Gasteiger partial charge in [0.15, 0.2) is 6.61 Å². The number of anilines is 2. The Morgan fingerprint density at radius 2 is 1.56 bits per heavy atom. The molecule has 0 spiro atoms. The van der Waals surface area contributed by atoms with Crippen LogP contribution in [-0.4, -0.2) is 37.0 Å². The van der Waals surface area contributed by atoms with Crippen LogP contribution in [0.5, 0.6) is 0 Å². The quantitative estimate of drug-likeness (QED) is 0.543. The first-order valence-corrected chi connectivity index (χ1v) is 10.0. The van der Waals surface area contributed by atoms with E-state index in [2.05, 4.69) is 10.6 Å². The number of carbonyl (C=O) groups is 4. The third-order valence-electron chi connectivity index (χ3n) is 3.98. The van der Waals surface area contributed by atoms with Crippen LogP contribution in [0, 0.1) is 11.7 Å². The van der Waals surface area contributed by atoms with Gasteiger partial charge < -0.3 is 20.1 Å². The fourth-order valence-corrected chi connectivity index (χ4v) is 2.44. The number of benzene rings is 2. The summed E-state index contributed by atoms with van der Waals surface area (Å²) >= 11 is 0. The van der Waals surface area contributed by atoms with Gasteiger partial charge in [-0.2, -0.15) is 0 Å². The summed E-state index contributed by atoms with van der Waals surface area (Å²) in [6, 6.07) is 11.4. The average Bonchev–Trinajstić information content (AvgIpc) is 2.76. The van der Waals surface area contributed by atoms with E-state index < -0.39 is 36.2 Å². The maximum Gasteiger partial charge on any atom is 0.338 e. The summed E-state index contributed by atoms with van der Waals surface area (Å²) in [4.78, 5) is 47.6. The van der Waals surface area contributed by atoms with Crippen molar-refractivity contribution in [1.29, 1.82) is 0 Å². The summed E-state index contributed by atoms with van der Waals surface area (Å²) in [7, 11) is 0. The second-order valence-electron chi connectivity index (χ2n) is 7.34. The van der Waals surface area contributed by atoms with Crippen molar-refractivity contribution >= 4 is 35.1 Å². The summed E-state index contributed by atoms with van der Waals surface area (Å²) in [5, 5.41) is 5.05. The zero-order valence-electron chi connectivity index (χ0n) is 17.9. The molecule has 170 valence electrons. The van der Waals surface area contributed by atoms with Crippen molar-refractivity contribution in [1.82, 2.24) is 0 Å². The number of hydrogen-bond donors (Lipinski definition) is 2. The number of esters is 2. The van der Waals surface area contributed by atoms with Crippen molar-refractivity contribution < 1.29 is 33.0 Å². The lowest BCUT2D eigenvalue weighted by Crippen LogP contribution is -2.21. The van der Waals surface area contributed by atoms with Gasteiger partial charge in [0, 0.05) is 17.8 Å². The molecule has 8 nitrogen and oxygen atoms in total. The second-order valence-corrected chi connectivity index (χ2v) is 7.34. The van der Waals surface area contributed by atoms with Crippen LogP contribution in [0.1, 0.15) is 37.0 Å². The molecule has 2 rings (SSSR count). The van der Waals surface area contributed by atoms with Crippen molar-refractivity contribution in [3.05, 3.63) is 59.9 Å². The van der Waals surface area contributed by atoms with Crippen molar-refractivity contribution in [3.63, 3.8) is 0 Å². The van der Waals surface area contributed by atoms with Gasteiger partial charge >= 0.3 is 11.9 Å². The lowest BCUT2D eigenvalue weighted by atomic mass is 10.2. The van der Waals surface area contributed by atoms with Crippen molar-refractivity contribution in [2.75, 3.05) is 23.8 Å². The first-order chi connectivity index (χ1) is 15.2. The molecule has 0 aromatic heterocycles. The molecule has 0 heterocycles. The van der Waals surface area contributed by atoms with Gasteiger partial charge in [-0.1, -0.05) is 19.9 Å². The highest BCUT2D eigenvalue weighted by Crippen LogP contribution is 2.13.